The Morgan fingerprint density at radius 1 is 1.29 bits per heavy atom. The first-order valence-corrected chi connectivity index (χ1v) is 8.18. The molecule has 0 fully saturated rings. The molecule has 0 radical (unpaired) electrons. The Morgan fingerprint density at radius 3 is 2.48 bits per heavy atom. The Bertz CT molecular complexity index is 973. The van der Waals surface area contributed by atoms with E-state index in [2.05, 4.69) is 16.5 Å². The van der Waals surface area contributed by atoms with E-state index in [1.54, 1.807) is 16.7 Å². The van der Waals surface area contributed by atoms with Crippen LogP contribution >= 0.6 is 0 Å². The summed E-state index contributed by atoms with van der Waals surface area (Å²) in [5.74, 6) is 0.141. The van der Waals surface area contributed by atoms with Gasteiger partial charge in [-0.2, -0.15) is 0 Å². The van der Waals surface area contributed by atoms with Gasteiger partial charge in [0, 0.05) is 12.8 Å². The Hall–Kier alpha value is -2.41. The predicted octanol–water partition coefficient (Wildman–Crippen LogP) is 1.76. The third kappa shape index (κ3) is 2.06. The van der Waals surface area contributed by atoms with Gasteiger partial charge in [-0.15, -0.1) is 6.58 Å². The molecule has 0 aliphatic heterocycles. The number of fused-ring (bicyclic) bond motifs is 2. The molecule has 0 saturated carbocycles. The number of sulfone groups is 1. The van der Waals surface area contributed by atoms with Crippen LogP contribution in [0.1, 0.15) is 0 Å². The SMILES string of the molecule is C=CCn1c(N)c(S(C)(=O)=O)c2nc3ccccc3nc21. The zero-order chi connectivity index (χ0) is 15.2. The highest BCUT2D eigenvalue weighted by molar-refractivity contribution is 7.91. The number of aromatic nitrogens is 3. The molecular weight excluding hydrogens is 288 g/mol. The first-order valence-electron chi connectivity index (χ1n) is 6.29. The van der Waals surface area contributed by atoms with E-state index in [1.165, 1.54) is 0 Å². The van der Waals surface area contributed by atoms with Gasteiger partial charge in [0.2, 0.25) is 0 Å². The molecule has 0 aliphatic carbocycles. The van der Waals surface area contributed by atoms with Gasteiger partial charge in [0.25, 0.3) is 0 Å². The molecule has 0 aliphatic rings. The fourth-order valence-electron chi connectivity index (χ4n) is 2.37. The number of nitrogens with zero attached hydrogens (tertiary/aromatic N) is 3. The number of rotatable bonds is 3. The van der Waals surface area contributed by atoms with Gasteiger partial charge in [-0.3, -0.25) is 0 Å². The van der Waals surface area contributed by atoms with Crippen molar-refractivity contribution in [2.75, 3.05) is 12.0 Å². The molecule has 0 atom stereocenters. The van der Waals surface area contributed by atoms with Crippen molar-refractivity contribution in [1.29, 1.82) is 0 Å². The lowest BCUT2D eigenvalue weighted by atomic mass is 10.3. The Kier molecular flexibility index (Phi) is 2.94. The van der Waals surface area contributed by atoms with Crippen LogP contribution in [0.25, 0.3) is 22.2 Å². The maximum absolute atomic E-state index is 12.0. The van der Waals surface area contributed by atoms with Gasteiger partial charge >= 0.3 is 0 Å². The van der Waals surface area contributed by atoms with Crippen molar-refractivity contribution in [3.63, 3.8) is 0 Å². The number of hydrogen-bond acceptors (Lipinski definition) is 5. The summed E-state index contributed by atoms with van der Waals surface area (Å²) < 4.78 is 25.7. The predicted molar refractivity (Wildman–Crippen MR) is 82.8 cm³/mol. The second kappa shape index (κ2) is 4.56. The number of nitrogens with two attached hydrogens (primary N) is 1. The molecule has 0 amide bonds. The van der Waals surface area contributed by atoms with Gasteiger partial charge in [0.05, 0.1) is 11.0 Å². The zero-order valence-corrected chi connectivity index (χ0v) is 12.3. The fraction of sp³-hybridized carbons (Fsp3) is 0.143. The van der Waals surface area contributed by atoms with Crippen molar-refractivity contribution in [3.05, 3.63) is 36.9 Å². The van der Waals surface area contributed by atoms with Crippen LogP contribution in [0.4, 0.5) is 5.82 Å². The lowest BCUT2D eigenvalue weighted by Gasteiger charge is -2.03. The third-order valence-electron chi connectivity index (χ3n) is 3.23. The molecule has 0 spiro atoms. The van der Waals surface area contributed by atoms with Gasteiger partial charge in [0.1, 0.15) is 16.2 Å². The van der Waals surface area contributed by atoms with Gasteiger partial charge < -0.3 is 10.3 Å². The minimum Gasteiger partial charge on any atom is -0.384 e. The minimum atomic E-state index is -3.51. The molecule has 2 aromatic heterocycles. The molecule has 108 valence electrons. The fourth-order valence-corrected chi connectivity index (χ4v) is 3.35. The molecule has 7 heteroatoms. The van der Waals surface area contributed by atoms with Crippen molar-refractivity contribution >= 4 is 37.9 Å². The molecule has 2 N–H and O–H groups in total. The molecule has 0 unspecified atom stereocenters. The standard InChI is InChI=1S/C14H14N4O2S/c1-3-8-18-13(15)12(21(2,19)20)11-14(18)17-10-7-5-4-6-9(10)16-11/h3-7H,1,8,15H2,2H3. The van der Waals surface area contributed by atoms with Crippen LogP contribution in [0.3, 0.4) is 0 Å². The number of allylic oxidation sites excluding steroid dienone is 1. The summed E-state index contributed by atoms with van der Waals surface area (Å²) in [6, 6.07) is 7.29. The van der Waals surface area contributed by atoms with Crippen molar-refractivity contribution in [2.45, 2.75) is 11.4 Å². The highest BCUT2D eigenvalue weighted by atomic mass is 32.2. The van der Waals surface area contributed by atoms with Crippen molar-refractivity contribution in [1.82, 2.24) is 14.5 Å². The van der Waals surface area contributed by atoms with Crippen LogP contribution < -0.4 is 5.73 Å². The highest BCUT2D eigenvalue weighted by Gasteiger charge is 2.24. The topological polar surface area (TPSA) is 90.9 Å². The van der Waals surface area contributed by atoms with Crippen LogP contribution in [0.5, 0.6) is 0 Å². The van der Waals surface area contributed by atoms with E-state index in [-0.39, 0.29) is 10.7 Å². The Balaban J connectivity index is 2.54. The van der Waals surface area contributed by atoms with Crippen LogP contribution in [-0.4, -0.2) is 29.2 Å². The molecule has 2 heterocycles. The summed E-state index contributed by atoms with van der Waals surface area (Å²) in [6.07, 6.45) is 2.76. The van der Waals surface area contributed by atoms with Crippen LogP contribution in [0.2, 0.25) is 0 Å². The molecule has 3 rings (SSSR count). The van der Waals surface area contributed by atoms with Crippen molar-refractivity contribution in [3.8, 4) is 0 Å². The third-order valence-corrected chi connectivity index (χ3v) is 4.37. The number of anilines is 1. The number of benzene rings is 1. The molecule has 1 aromatic carbocycles. The maximum atomic E-state index is 12.0. The van der Waals surface area contributed by atoms with E-state index < -0.39 is 9.84 Å². The molecule has 21 heavy (non-hydrogen) atoms. The lowest BCUT2D eigenvalue weighted by Crippen LogP contribution is -2.05. The van der Waals surface area contributed by atoms with E-state index in [4.69, 9.17) is 5.73 Å². The highest BCUT2D eigenvalue weighted by Crippen LogP contribution is 2.31. The molecule has 0 saturated heterocycles. The lowest BCUT2D eigenvalue weighted by molar-refractivity contribution is 0.602. The summed E-state index contributed by atoms with van der Waals surface area (Å²) >= 11 is 0. The minimum absolute atomic E-state index is 0.0256. The molecule has 3 aromatic rings. The van der Waals surface area contributed by atoms with Gasteiger partial charge in [0.15, 0.2) is 15.5 Å². The quantitative estimate of drug-likeness (QED) is 0.744. The smallest absolute Gasteiger partial charge is 0.181 e. The van der Waals surface area contributed by atoms with Crippen molar-refractivity contribution < 1.29 is 8.42 Å². The summed E-state index contributed by atoms with van der Waals surface area (Å²) in [7, 11) is -3.51. The molecular formula is C14H14N4O2S. The normalized spacial score (nSPS) is 12.0. The van der Waals surface area contributed by atoms with Gasteiger partial charge in [-0.25, -0.2) is 18.4 Å². The second-order valence-corrected chi connectivity index (χ2v) is 6.72. The first kappa shape index (κ1) is 13.6. The first-order chi connectivity index (χ1) is 9.93. The zero-order valence-electron chi connectivity index (χ0n) is 11.4. The van der Waals surface area contributed by atoms with E-state index in [9.17, 15) is 8.42 Å². The van der Waals surface area contributed by atoms with E-state index in [1.807, 2.05) is 18.2 Å². The van der Waals surface area contributed by atoms with E-state index >= 15 is 0 Å². The van der Waals surface area contributed by atoms with E-state index in [0.717, 1.165) is 6.26 Å². The van der Waals surface area contributed by atoms with Crippen LogP contribution in [0, 0.1) is 0 Å². The number of nitrogen functional groups attached to an aromatic ring is 1. The monoisotopic (exact) mass is 302 g/mol. The largest absolute Gasteiger partial charge is 0.384 e. The average molecular weight is 302 g/mol. The summed E-state index contributed by atoms with van der Waals surface area (Å²) in [5.41, 5.74) is 8.08. The Morgan fingerprint density at radius 2 is 1.90 bits per heavy atom. The van der Waals surface area contributed by atoms with Crippen LogP contribution in [0.15, 0.2) is 41.8 Å². The van der Waals surface area contributed by atoms with Gasteiger partial charge in [-0.05, 0) is 12.1 Å². The van der Waals surface area contributed by atoms with E-state index in [0.29, 0.717) is 28.7 Å². The van der Waals surface area contributed by atoms with Gasteiger partial charge in [-0.1, -0.05) is 18.2 Å². The molecule has 0 bridgehead atoms. The Labute approximate surface area is 121 Å². The molecule has 6 nitrogen and oxygen atoms in total. The average Bonchev–Trinajstić information content (AvgIpc) is 2.69. The second-order valence-electron chi connectivity index (χ2n) is 4.77. The summed E-state index contributed by atoms with van der Waals surface area (Å²) in [4.78, 5) is 8.96. The van der Waals surface area contributed by atoms with Crippen LogP contribution in [-0.2, 0) is 16.4 Å². The number of para-hydroxylation sites is 2. The maximum Gasteiger partial charge on any atom is 0.181 e. The van der Waals surface area contributed by atoms with Crippen molar-refractivity contribution in [2.24, 2.45) is 0 Å². The number of hydrogen-bond donors (Lipinski definition) is 1. The summed E-state index contributed by atoms with van der Waals surface area (Å²) in [5, 5.41) is 0. The summed E-state index contributed by atoms with van der Waals surface area (Å²) in [6.45, 7) is 4.03.